The van der Waals surface area contributed by atoms with E-state index >= 15 is 0 Å². The number of ether oxygens (including phenoxy) is 1. The number of halogens is 1. The summed E-state index contributed by atoms with van der Waals surface area (Å²) in [4.78, 5) is 0. The van der Waals surface area contributed by atoms with Crippen LogP contribution in [-0.4, -0.2) is 5.84 Å². The molecule has 2 aromatic carbocycles. The summed E-state index contributed by atoms with van der Waals surface area (Å²) in [6.45, 7) is 1.67. The molecule has 0 spiro atoms. The van der Waals surface area contributed by atoms with Gasteiger partial charge in [-0.2, -0.15) is 0 Å². The van der Waals surface area contributed by atoms with Crippen molar-refractivity contribution in [3.63, 3.8) is 0 Å². The minimum atomic E-state index is -0.276. The maximum atomic E-state index is 13.1. The zero-order valence-corrected chi connectivity index (χ0v) is 9.91. The highest BCUT2D eigenvalue weighted by Gasteiger charge is 2.07. The van der Waals surface area contributed by atoms with Gasteiger partial charge < -0.3 is 10.5 Å². The first-order chi connectivity index (χ1) is 8.58. The minimum absolute atomic E-state index is 0.0653. The molecule has 18 heavy (non-hydrogen) atoms. The van der Waals surface area contributed by atoms with Crippen LogP contribution in [0.15, 0.2) is 42.5 Å². The third kappa shape index (κ3) is 2.48. The van der Waals surface area contributed by atoms with Gasteiger partial charge in [-0.3, -0.25) is 5.41 Å². The first kappa shape index (κ1) is 12.1. The Kier molecular flexibility index (Phi) is 3.28. The van der Waals surface area contributed by atoms with Crippen LogP contribution < -0.4 is 10.5 Å². The largest absolute Gasteiger partial charge is 0.457 e. The van der Waals surface area contributed by atoms with Crippen LogP contribution in [-0.2, 0) is 0 Å². The van der Waals surface area contributed by atoms with Crippen LogP contribution in [0.1, 0.15) is 11.1 Å². The van der Waals surface area contributed by atoms with Gasteiger partial charge in [0.25, 0.3) is 0 Å². The van der Waals surface area contributed by atoms with Gasteiger partial charge in [-0.1, -0.05) is 12.1 Å². The van der Waals surface area contributed by atoms with Crippen molar-refractivity contribution in [3.8, 4) is 11.5 Å². The van der Waals surface area contributed by atoms with E-state index in [-0.39, 0.29) is 11.7 Å². The number of benzene rings is 2. The maximum absolute atomic E-state index is 13.1. The van der Waals surface area contributed by atoms with Crippen molar-refractivity contribution < 1.29 is 9.13 Å². The molecule has 0 atom stereocenters. The molecule has 0 radical (unpaired) electrons. The van der Waals surface area contributed by atoms with Gasteiger partial charge in [0.2, 0.25) is 0 Å². The van der Waals surface area contributed by atoms with Crippen molar-refractivity contribution in [1.29, 1.82) is 5.41 Å². The van der Waals surface area contributed by atoms with Crippen LogP contribution in [0.4, 0.5) is 4.39 Å². The van der Waals surface area contributed by atoms with Gasteiger partial charge in [-0.15, -0.1) is 0 Å². The highest BCUT2D eigenvalue weighted by Crippen LogP contribution is 2.26. The topological polar surface area (TPSA) is 59.1 Å². The zero-order valence-electron chi connectivity index (χ0n) is 9.91. The Balaban J connectivity index is 2.34. The Hall–Kier alpha value is -2.36. The summed E-state index contributed by atoms with van der Waals surface area (Å²) in [7, 11) is 0. The molecule has 2 rings (SSSR count). The molecule has 0 unspecified atom stereocenters. The second-order valence-corrected chi connectivity index (χ2v) is 3.92. The Morgan fingerprint density at radius 2 is 1.94 bits per heavy atom. The smallest absolute Gasteiger partial charge is 0.138 e. The van der Waals surface area contributed by atoms with Gasteiger partial charge >= 0.3 is 0 Å². The van der Waals surface area contributed by atoms with Gasteiger partial charge in [0.1, 0.15) is 23.2 Å². The minimum Gasteiger partial charge on any atom is -0.457 e. The summed E-state index contributed by atoms with van der Waals surface area (Å²) in [5.74, 6) is 0.658. The van der Waals surface area contributed by atoms with Gasteiger partial charge in [-0.05, 0) is 42.8 Å². The molecule has 0 aliphatic carbocycles. The number of aryl methyl sites for hydroxylation is 1. The summed E-state index contributed by atoms with van der Waals surface area (Å²) in [5, 5.41) is 7.46. The fourth-order valence-corrected chi connectivity index (χ4v) is 1.59. The van der Waals surface area contributed by atoms with Crippen LogP contribution in [0.25, 0.3) is 0 Å². The summed E-state index contributed by atoms with van der Waals surface area (Å²) < 4.78 is 18.8. The summed E-state index contributed by atoms with van der Waals surface area (Å²) in [6.07, 6.45) is 0. The Labute approximate surface area is 105 Å². The highest BCUT2D eigenvalue weighted by molar-refractivity contribution is 5.97. The van der Waals surface area contributed by atoms with Crippen LogP contribution >= 0.6 is 0 Å². The zero-order chi connectivity index (χ0) is 13.1. The molecule has 0 saturated heterocycles. The van der Waals surface area contributed by atoms with E-state index < -0.39 is 0 Å². The fraction of sp³-hybridized carbons (Fsp3) is 0.0714. The summed E-state index contributed by atoms with van der Waals surface area (Å²) in [6, 6.07) is 11.5. The molecular weight excluding hydrogens is 231 g/mol. The van der Waals surface area contributed by atoms with Crippen molar-refractivity contribution in [2.45, 2.75) is 6.92 Å². The van der Waals surface area contributed by atoms with Crippen molar-refractivity contribution >= 4 is 5.84 Å². The van der Waals surface area contributed by atoms with E-state index in [1.54, 1.807) is 43.3 Å². The molecule has 92 valence electrons. The lowest BCUT2D eigenvalue weighted by Gasteiger charge is -2.10. The second-order valence-electron chi connectivity index (χ2n) is 3.92. The SMILES string of the molecule is Cc1cc(Oc2ccccc2C(=N)N)ccc1F. The van der Waals surface area contributed by atoms with Crippen molar-refractivity contribution in [2.75, 3.05) is 0 Å². The van der Waals surface area contributed by atoms with Gasteiger partial charge in [-0.25, -0.2) is 4.39 Å². The number of hydrogen-bond acceptors (Lipinski definition) is 2. The third-order valence-electron chi connectivity index (χ3n) is 2.53. The van der Waals surface area contributed by atoms with E-state index in [1.165, 1.54) is 6.07 Å². The van der Waals surface area contributed by atoms with E-state index in [1.807, 2.05) is 0 Å². The molecule has 0 aromatic heterocycles. The molecule has 0 bridgehead atoms. The van der Waals surface area contributed by atoms with Gasteiger partial charge in [0, 0.05) is 0 Å². The molecule has 0 amide bonds. The van der Waals surface area contributed by atoms with Crippen LogP contribution in [0.2, 0.25) is 0 Å². The monoisotopic (exact) mass is 244 g/mol. The molecule has 3 nitrogen and oxygen atoms in total. The van der Waals surface area contributed by atoms with E-state index in [2.05, 4.69) is 0 Å². The van der Waals surface area contributed by atoms with Crippen molar-refractivity contribution in [3.05, 3.63) is 59.4 Å². The van der Waals surface area contributed by atoms with Crippen LogP contribution in [0, 0.1) is 18.2 Å². The lowest BCUT2D eigenvalue weighted by molar-refractivity contribution is 0.478. The average molecular weight is 244 g/mol. The molecule has 4 heteroatoms. The molecule has 3 N–H and O–H groups in total. The standard InChI is InChI=1S/C14H13FN2O/c1-9-8-10(6-7-12(9)15)18-13-5-3-2-4-11(13)14(16)17/h2-8H,1H3,(H3,16,17). The molecule has 0 fully saturated rings. The highest BCUT2D eigenvalue weighted by atomic mass is 19.1. The first-order valence-corrected chi connectivity index (χ1v) is 5.45. The number of nitrogen functional groups attached to an aromatic ring is 1. The Bertz CT molecular complexity index is 596. The number of rotatable bonds is 3. The normalized spacial score (nSPS) is 10.1. The first-order valence-electron chi connectivity index (χ1n) is 5.45. The molecule has 0 saturated carbocycles. The molecule has 0 aliphatic rings. The number of para-hydroxylation sites is 1. The lowest BCUT2D eigenvalue weighted by Crippen LogP contribution is -2.12. The Morgan fingerprint density at radius 3 is 2.61 bits per heavy atom. The summed E-state index contributed by atoms with van der Waals surface area (Å²) >= 11 is 0. The van der Waals surface area contributed by atoms with Crippen LogP contribution in [0.3, 0.4) is 0 Å². The summed E-state index contributed by atoms with van der Waals surface area (Å²) in [5.41, 5.74) is 6.49. The quantitative estimate of drug-likeness (QED) is 0.643. The van der Waals surface area contributed by atoms with Gasteiger partial charge in [0.15, 0.2) is 0 Å². The average Bonchev–Trinajstić information content (AvgIpc) is 2.34. The molecular formula is C14H13FN2O. The van der Waals surface area contributed by atoms with Crippen molar-refractivity contribution in [1.82, 2.24) is 0 Å². The number of amidine groups is 1. The maximum Gasteiger partial charge on any atom is 0.138 e. The number of nitrogens with one attached hydrogen (secondary N) is 1. The van der Waals surface area contributed by atoms with Crippen molar-refractivity contribution in [2.24, 2.45) is 5.73 Å². The molecule has 2 aromatic rings. The van der Waals surface area contributed by atoms with Crippen LogP contribution in [0.5, 0.6) is 11.5 Å². The van der Waals surface area contributed by atoms with E-state index in [0.29, 0.717) is 22.6 Å². The molecule has 0 heterocycles. The third-order valence-corrected chi connectivity index (χ3v) is 2.53. The van der Waals surface area contributed by atoms with E-state index in [0.717, 1.165) is 0 Å². The fourth-order valence-electron chi connectivity index (χ4n) is 1.59. The predicted molar refractivity (Wildman–Crippen MR) is 68.7 cm³/mol. The molecule has 0 aliphatic heterocycles. The predicted octanol–water partition coefficient (Wildman–Crippen LogP) is 3.21. The number of nitrogens with two attached hydrogens (primary N) is 1. The lowest BCUT2D eigenvalue weighted by atomic mass is 10.2. The van der Waals surface area contributed by atoms with E-state index in [9.17, 15) is 4.39 Å². The second kappa shape index (κ2) is 4.87. The number of hydrogen-bond donors (Lipinski definition) is 2. The van der Waals surface area contributed by atoms with E-state index in [4.69, 9.17) is 15.9 Å². The van der Waals surface area contributed by atoms with Gasteiger partial charge in [0.05, 0.1) is 5.56 Å². The Morgan fingerprint density at radius 1 is 1.22 bits per heavy atom.